The van der Waals surface area contributed by atoms with Gasteiger partial charge in [-0.15, -0.1) is 11.3 Å². The molecule has 0 bridgehead atoms. The average Bonchev–Trinajstić information content (AvgIpc) is 2.80. The van der Waals surface area contributed by atoms with Crippen LogP contribution < -0.4 is 5.32 Å². The maximum Gasteiger partial charge on any atom is 0.231 e. The van der Waals surface area contributed by atoms with Crippen LogP contribution in [0.25, 0.3) is 10.2 Å². The highest BCUT2D eigenvalue weighted by molar-refractivity contribution is 7.18. The number of para-hydroxylation sites is 1. The number of carbonyl (C=O) groups is 1. The predicted octanol–water partition coefficient (Wildman–Crippen LogP) is 4.13. The first-order valence-electron chi connectivity index (χ1n) is 6.10. The smallest absolute Gasteiger partial charge is 0.231 e. The van der Waals surface area contributed by atoms with Crippen LogP contribution in [0.15, 0.2) is 48.5 Å². The average molecular weight is 303 g/mol. The number of rotatable bonds is 3. The fraction of sp³-hybridized carbons (Fsp3) is 0.0667. The molecule has 1 heterocycles. The summed E-state index contributed by atoms with van der Waals surface area (Å²) in [5, 5.41) is 4.23. The minimum absolute atomic E-state index is 0.0914. The maximum atomic E-state index is 12.0. The predicted molar refractivity (Wildman–Crippen MR) is 83.4 cm³/mol. The Kier molecular flexibility index (Phi) is 3.67. The first-order chi connectivity index (χ1) is 9.70. The topological polar surface area (TPSA) is 42.0 Å². The molecule has 3 aromatic rings. The Hall–Kier alpha value is -1.91. The summed E-state index contributed by atoms with van der Waals surface area (Å²) < 4.78 is 1.10. The lowest BCUT2D eigenvalue weighted by atomic mass is 10.3. The van der Waals surface area contributed by atoms with E-state index >= 15 is 0 Å². The number of aromatic nitrogens is 1. The van der Waals surface area contributed by atoms with Crippen LogP contribution in [-0.2, 0) is 11.2 Å². The van der Waals surface area contributed by atoms with E-state index in [1.54, 1.807) is 29.5 Å². The summed E-state index contributed by atoms with van der Waals surface area (Å²) in [7, 11) is 0. The van der Waals surface area contributed by atoms with E-state index in [0.717, 1.165) is 15.2 Å². The zero-order valence-electron chi connectivity index (χ0n) is 10.5. The summed E-state index contributed by atoms with van der Waals surface area (Å²) in [4.78, 5) is 16.4. The van der Waals surface area contributed by atoms with Crippen molar-refractivity contribution in [3.05, 3.63) is 58.6 Å². The standard InChI is InChI=1S/C15H11ClN2OS/c16-10-4-3-5-11(8-10)17-14(19)9-15-18-12-6-1-2-7-13(12)20-15/h1-8H,9H2,(H,17,19). The number of halogens is 1. The van der Waals surface area contributed by atoms with Crippen molar-refractivity contribution in [1.29, 1.82) is 0 Å². The molecule has 0 aliphatic heterocycles. The molecule has 0 saturated carbocycles. The molecule has 0 saturated heterocycles. The van der Waals surface area contributed by atoms with E-state index in [-0.39, 0.29) is 12.3 Å². The van der Waals surface area contributed by atoms with Gasteiger partial charge in [0.1, 0.15) is 5.01 Å². The molecule has 1 N–H and O–H groups in total. The first kappa shape index (κ1) is 13.1. The monoisotopic (exact) mass is 302 g/mol. The molecule has 0 unspecified atom stereocenters. The Bertz CT molecular complexity index is 736. The van der Waals surface area contributed by atoms with Crippen molar-refractivity contribution in [1.82, 2.24) is 4.98 Å². The van der Waals surface area contributed by atoms with Crippen LogP contribution in [0.5, 0.6) is 0 Å². The molecule has 3 rings (SSSR count). The number of nitrogens with zero attached hydrogens (tertiary/aromatic N) is 1. The summed E-state index contributed by atoms with van der Waals surface area (Å²) in [6.07, 6.45) is 0.270. The molecule has 1 amide bonds. The van der Waals surface area contributed by atoms with Gasteiger partial charge in [-0.1, -0.05) is 29.8 Å². The van der Waals surface area contributed by atoms with Gasteiger partial charge in [0, 0.05) is 10.7 Å². The molecule has 20 heavy (non-hydrogen) atoms. The van der Waals surface area contributed by atoms with Crippen molar-refractivity contribution in [2.24, 2.45) is 0 Å². The summed E-state index contributed by atoms with van der Waals surface area (Å²) in [5.74, 6) is -0.0914. The summed E-state index contributed by atoms with van der Waals surface area (Å²) in [6, 6.07) is 15.0. The Morgan fingerprint density at radius 2 is 2.05 bits per heavy atom. The Morgan fingerprint density at radius 1 is 1.20 bits per heavy atom. The lowest BCUT2D eigenvalue weighted by Crippen LogP contribution is -2.14. The number of anilines is 1. The van der Waals surface area contributed by atoms with Gasteiger partial charge in [-0.2, -0.15) is 0 Å². The fourth-order valence-electron chi connectivity index (χ4n) is 1.90. The second-order valence-corrected chi connectivity index (χ2v) is 5.86. The minimum atomic E-state index is -0.0914. The van der Waals surface area contributed by atoms with Crippen molar-refractivity contribution < 1.29 is 4.79 Å². The number of amides is 1. The first-order valence-corrected chi connectivity index (χ1v) is 7.30. The van der Waals surface area contributed by atoms with Gasteiger partial charge in [0.2, 0.25) is 5.91 Å². The van der Waals surface area contributed by atoms with E-state index < -0.39 is 0 Å². The number of hydrogen-bond acceptors (Lipinski definition) is 3. The van der Waals surface area contributed by atoms with Gasteiger partial charge in [-0.05, 0) is 30.3 Å². The molecular formula is C15H11ClN2OS. The molecule has 0 aliphatic carbocycles. The third kappa shape index (κ3) is 2.98. The third-order valence-electron chi connectivity index (χ3n) is 2.76. The number of nitrogens with one attached hydrogen (secondary N) is 1. The molecule has 0 spiro atoms. The van der Waals surface area contributed by atoms with Crippen molar-refractivity contribution >= 4 is 44.7 Å². The summed E-state index contributed by atoms with van der Waals surface area (Å²) in [6.45, 7) is 0. The lowest BCUT2D eigenvalue weighted by molar-refractivity contribution is -0.115. The van der Waals surface area contributed by atoms with Crippen molar-refractivity contribution in [2.45, 2.75) is 6.42 Å². The zero-order chi connectivity index (χ0) is 13.9. The normalized spacial score (nSPS) is 10.7. The number of benzene rings is 2. The van der Waals surface area contributed by atoms with Gasteiger partial charge >= 0.3 is 0 Å². The highest BCUT2D eigenvalue weighted by Gasteiger charge is 2.09. The van der Waals surface area contributed by atoms with Gasteiger partial charge in [0.25, 0.3) is 0 Å². The van der Waals surface area contributed by atoms with Crippen molar-refractivity contribution in [2.75, 3.05) is 5.32 Å². The fourth-order valence-corrected chi connectivity index (χ4v) is 3.06. The number of fused-ring (bicyclic) bond motifs is 1. The number of hydrogen-bond donors (Lipinski definition) is 1. The van der Waals surface area contributed by atoms with Gasteiger partial charge in [0.15, 0.2) is 0 Å². The number of carbonyl (C=O) groups excluding carboxylic acids is 1. The zero-order valence-corrected chi connectivity index (χ0v) is 12.0. The molecule has 0 aliphatic rings. The van der Waals surface area contributed by atoms with Crippen LogP contribution in [0.3, 0.4) is 0 Å². The quantitative estimate of drug-likeness (QED) is 0.790. The molecule has 0 atom stereocenters. The second-order valence-electron chi connectivity index (χ2n) is 4.31. The van der Waals surface area contributed by atoms with Gasteiger partial charge in [-0.25, -0.2) is 4.98 Å². The van der Waals surface area contributed by atoms with Crippen LogP contribution in [0.1, 0.15) is 5.01 Å². The van der Waals surface area contributed by atoms with Crippen LogP contribution >= 0.6 is 22.9 Å². The Balaban J connectivity index is 1.72. The van der Waals surface area contributed by atoms with Gasteiger partial charge in [-0.3, -0.25) is 4.79 Å². The van der Waals surface area contributed by atoms with E-state index in [1.807, 2.05) is 30.3 Å². The largest absolute Gasteiger partial charge is 0.326 e. The lowest BCUT2D eigenvalue weighted by Gasteiger charge is -2.03. The van der Waals surface area contributed by atoms with Gasteiger partial charge in [0.05, 0.1) is 16.6 Å². The molecule has 2 aromatic carbocycles. The van der Waals surface area contributed by atoms with Crippen LogP contribution in [0, 0.1) is 0 Å². The van der Waals surface area contributed by atoms with E-state index in [9.17, 15) is 4.79 Å². The third-order valence-corrected chi connectivity index (χ3v) is 4.03. The van der Waals surface area contributed by atoms with E-state index in [1.165, 1.54) is 0 Å². The van der Waals surface area contributed by atoms with Gasteiger partial charge < -0.3 is 5.32 Å². The molecule has 3 nitrogen and oxygen atoms in total. The van der Waals surface area contributed by atoms with Crippen LogP contribution in [0.2, 0.25) is 5.02 Å². The molecule has 0 fully saturated rings. The van der Waals surface area contributed by atoms with Crippen molar-refractivity contribution in [3.63, 3.8) is 0 Å². The highest BCUT2D eigenvalue weighted by Crippen LogP contribution is 2.22. The summed E-state index contributed by atoms with van der Waals surface area (Å²) >= 11 is 7.42. The Labute approximate surface area is 125 Å². The SMILES string of the molecule is O=C(Cc1nc2ccccc2s1)Nc1cccc(Cl)c1. The second kappa shape index (κ2) is 5.61. The summed E-state index contributed by atoms with van der Waals surface area (Å²) in [5.41, 5.74) is 1.63. The molecule has 100 valence electrons. The van der Waals surface area contributed by atoms with E-state index in [2.05, 4.69) is 10.3 Å². The van der Waals surface area contributed by atoms with Crippen molar-refractivity contribution in [3.8, 4) is 0 Å². The number of thiazole rings is 1. The molecule has 0 radical (unpaired) electrons. The Morgan fingerprint density at radius 3 is 2.85 bits per heavy atom. The molecule has 5 heteroatoms. The molecule has 1 aromatic heterocycles. The molecular weight excluding hydrogens is 292 g/mol. The maximum absolute atomic E-state index is 12.0. The van der Waals surface area contributed by atoms with E-state index in [4.69, 9.17) is 11.6 Å². The van der Waals surface area contributed by atoms with Crippen LogP contribution in [-0.4, -0.2) is 10.9 Å². The highest BCUT2D eigenvalue weighted by atomic mass is 35.5. The van der Waals surface area contributed by atoms with Crippen LogP contribution in [0.4, 0.5) is 5.69 Å². The minimum Gasteiger partial charge on any atom is -0.326 e. The van der Waals surface area contributed by atoms with E-state index in [0.29, 0.717) is 10.7 Å².